The van der Waals surface area contributed by atoms with Gasteiger partial charge >= 0.3 is 0 Å². The molecule has 0 unspecified atom stereocenters. The highest BCUT2D eigenvalue weighted by molar-refractivity contribution is 9.10. The third kappa shape index (κ3) is 2.85. The third-order valence-electron chi connectivity index (χ3n) is 2.79. The predicted octanol–water partition coefficient (Wildman–Crippen LogP) is 4.32. The van der Waals surface area contributed by atoms with Crippen molar-refractivity contribution in [1.29, 1.82) is 0 Å². The summed E-state index contributed by atoms with van der Waals surface area (Å²) in [6.45, 7) is 1.66. The summed E-state index contributed by atoms with van der Waals surface area (Å²) in [7, 11) is 0. The lowest BCUT2D eigenvalue weighted by Gasteiger charge is -2.05. The number of aryl methyl sites for hydroxylation is 1. The highest BCUT2D eigenvalue weighted by Crippen LogP contribution is 2.19. The molecular weight excluding hydrogens is 295 g/mol. The summed E-state index contributed by atoms with van der Waals surface area (Å²) in [6.07, 6.45) is 0.312. The molecule has 0 spiro atoms. The van der Waals surface area contributed by atoms with Gasteiger partial charge in [-0.15, -0.1) is 0 Å². The number of carbonyl (C=O) groups is 1. The molecule has 18 heavy (non-hydrogen) atoms. The van der Waals surface area contributed by atoms with Gasteiger partial charge in [-0.05, 0) is 42.3 Å². The van der Waals surface area contributed by atoms with E-state index in [0.29, 0.717) is 17.5 Å². The van der Waals surface area contributed by atoms with Crippen LogP contribution in [0, 0.1) is 12.7 Å². The van der Waals surface area contributed by atoms with Gasteiger partial charge in [0.05, 0.1) is 0 Å². The van der Waals surface area contributed by atoms with E-state index >= 15 is 0 Å². The van der Waals surface area contributed by atoms with Crippen LogP contribution in [0.4, 0.5) is 4.39 Å². The Labute approximate surface area is 114 Å². The highest BCUT2D eigenvalue weighted by Gasteiger charge is 2.10. The number of ketones is 1. The molecular formula is C15H12BrFO. The van der Waals surface area contributed by atoms with Gasteiger partial charge in [0, 0.05) is 16.5 Å². The second-order valence-electron chi connectivity index (χ2n) is 4.16. The molecule has 0 saturated carbocycles. The zero-order chi connectivity index (χ0) is 13.1. The van der Waals surface area contributed by atoms with Gasteiger partial charge in [0.1, 0.15) is 5.82 Å². The maximum absolute atomic E-state index is 13.1. The summed E-state index contributed by atoms with van der Waals surface area (Å²) < 4.78 is 14.0. The van der Waals surface area contributed by atoms with Crippen molar-refractivity contribution in [1.82, 2.24) is 0 Å². The van der Waals surface area contributed by atoms with E-state index in [4.69, 9.17) is 0 Å². The Kier molecular flexibility index (Phi) is 3.92. The van der Waals surface area contributed by atoms with Crippen molar-refractivity contribution in [2.24, 2.45) is 0 Å². The fourth-order valence-electron chi connectivity index (χ4n) is 1.73. The van der Waals surface area contributed by atoms with E-state index in [-0.39, 0.29) is 11.6 Å². The molecule has 0 saturated heterocycles. The fraction of sp³-hybridized carbons (Fsp3) is 0.133. The summed E-state index contributed by atoms with van der Waals surface area (Å²) in [6, 6.07) is 12.1. The van der Waals surface area contributed by atoms with Crippen molar-refractivity contribution in [2.75, 3.05) is 0 Å². The Morgan fingerprint density at radius 1 is 1.22 bits per heavy atom. The fourth-order valence-corrected chi connectivity index (χ4v) is 2.16. The maximum atomic E-state index is 13.1. The first kappa shape index (κ1) is 13.0. The van der Waals surface area contributed by atoms with E-state index in [9.17, 15) is 9.18 Å². The third-order valence-corrected chi connectivity index (χ3v) is 3.56. The van der Waals surface area contributed by atoms with Crippen molar-refractivity contribution in [3.63, 3.8) is 0 Å². The van der Waals surface area contributed by atoms with Crippen molar-refractivity contribution in [3.8, 4) is 0 Å². The van der Waals surface area contributed by atoms with Gasteiger partial charge < -0.3 is 0 Å². The van der Waals surface area contributed by atoms with Crippen LogP contribution in [0.2, 0.25) is 0 Å². The first-order chi connectivity index (χ1) is 8.58. The molecule has 0 aliphatic rings. The molecule has 92 valence electrons. The summed E-state index contributed by atoms with van der Waals surface area (Å²) in [5.74, 6) is -0.294. The molecule has 0 heterocycles. The normalized spacial score (nSPS) is 10.4. The number of carbonyl (C=O) groups excluding carboxylic acids is 1. The lowest BCUT2D eigenvalue weighted by Crippen LogP contribution is -2.04. The standard InChI is InChI=1S/C15H12BrFO/c1-10-8-12(6-7-14(10)17)15(18)9-11-4-2-3-5-13(11)16/h2-8H,9H2,1H3. The number of hydrogen-bond donors (Lipinski definition) is 0. The molecule has 0 aliphatic heterocycles. The van der Waals surface area contributed by atoms with E-state index in [1.807, 2.05) is 24.3 Å². The Morgan fingerprint density at radius 2 is 1.94 bits per heavy atom. The molecule has 3 heteroatoms. The van der Waals surface area contributed by atoms with Crippen LogP contribution in [0.25, 0.3) is 0 Å². The Morgan fingerprint density at radius 3 is 2.61 bits per heavy atom. The van der Waals surface area contributed by atoms with E-state index in [2.05, 4.69) is 15.9 Å². The number of halogens is 2. The average molecular weight is 307 g/mol. The van der Waals surface area contributed by atoms with Crippen LogP contribution in [0.3, 0.4) is 0 Å². The number of Topliss-reactive ketones (excluding diaryl/α,β-unsaturated/α-hetero) is 1. The molecule has 0 aliphatic carbocycles. The van der Waals surface area contributed by atoms with Gasteiger partial charge in [0.2, 0.25) is 0 Å². The van der Waals surface area contributed by atoms with E-state index in [1.165, 1.54) is 12.1 Å². The van der Waals surface area contributed by atoms with Crippen LogP contribution < -0.4 is 0 Å². The minimum absolute atomic E-state index is 0.00926. The first-order valence-corrected chi connectivity index (χ1v) is 6.40. The summed E-state index contributed by atoms with van der Waals surface area (Å²) in [5.41, 5.74) is 1.97. The Balaban J connectivity index is 2.22. The second-order valence-corrected chi connectivity index (χ2v) is 5.01. The second kappa shape index (κ2) is 5.44. The van der Waals surface area contributed by atoms with Crippen LogP contribution in [0.1, 0.15) is 21.5 Å². The van der Waals surface area contributed by atoms with Crippen molar-refractivity contribution < 1.29 is 9.18 Å². The van der Waals surface area contributed by atoms with Crippen LogP contribution in [-0.2, 0) is 6.42 Å². The van der Waals surface area contributed by atoms with Crippen LogP contribution >= 0.6 is 15.9 Å². The smallest absolute Gasteiger partial charge is 0.167 e. The summed E-state index contributed by atoms with van der Waals surface area (Å²) >= 11 is 3.41. The van der Waals surface area contributed by atoms with Gasteiger partial charge in [-0.25, -0.2) is 4.39 Å². The maximum Gasteiger partial charge on any atom is 0.167 e. The monoisotopic (exact) mass is 306 g/mol. The molecule has 0 N–H and O–H groups in total. The zero-order valence-electron chi connectivity index (χ0n) is 9.91. The largest absolute Gasteiger partial charge is 0.294 e. The number of rotatable bonds is 3. The molecule has 0 radical (unpaired) electrons. The van der Waals surface area contributed by atoms with Crippen LogP contribution in [0.5, 0.6) is 0 Å². The van der Waals surface area contributed by atoms with Crippen LogP contribution in [0.15, 0.2) is 46.9 Å². The minimum atomic E-state index is -0.285. The van der Waals surface area contributed by atoms with Crippen molar-refractivity contribution in [2.45, 2.75) is 13.3 Å². The summed E-state index contributed by atoms with van der Waals surface area (Å²) in [5, 5.41) is 0. The lowest BCUT2D eigenvalue weighted by atomic mass is 10.0. The van der Waals surface area contributed by atoms with Gasteiger partial charge in [-0.2, -0.15) is 0 Å². The minimum Gasteiger partial charge on any atom is -0.294 e. The molecule has 0 fully saturated rings. The van der Waals surface area contributed by atoms with E-state index in [0.717, 1.165) is 10.0 Å². The summed E-state index contributed by atoms with van der Waals surface area (Å²) in [4.78, 5) is 12.1. The van der Waals surface area contributed by atoms with E-state index in [1.54, 1.807) is 13.0 Å². The van der Waals surface area contributed by atoms with Gasteiger partial charge in [-0.1, -0.05) is 34.1 Å². The van der Waals surface area contributed by atoms with Gasteiger partial charge in [-0.3, -0.25) is 4.79 Å². The van der Waals surface area contributed by atoms with E-state index < -0.39 is 0 Å². The Bertz CT molecular complexity index is 593. The van der Waals surface area contributed by atoms with Gasteiger partial charge in [0.15, 0.2) is 5.78 Å². The van der Waals surface area contributed by atoms with Crippen molar-refractivity contribution in [3.05, 3.63) is 69.4 Å². The quantitative estimate of drug-likeness (QED) is 0.772. The Hall–Kier alpha value is -1.48. The lowest BCUT2D eigenvalue weighted by molar-refractivity contribution is 0.0992. The molecule has 0 amide bonds. The van der Waals surface area contributed by atoms with Crippen molar-refractivity contribution >= 4 is 21.7 Å². The highest BCUT2D eigenvalue weighted by atomic mass is 79.9. The molecule has 2 aromatic rings. The first-order valence-electron chi connectivity index (χ1n) is 5.60. The van der Waals surface area contributed by atoms with Crippen LogP contribution in [-0.4, -0.2) is 5.78 Å². The molecule has 2 aromatic carbocycles. The number of benzene rings is 2. The van der Waals surface area contributed by atoms with Gasteiger partial charge in [0.25, 0.3) is 0 Å². The molecule has 0 bridgehead atoms. The molecule has 0 aromatic heterocycles. The topological polar surface area (TPSA) is 17.1 Å². The molecule has 0 atom stereocenters. The average Bonchev–Trinajstić information content (AvgIpc) is 2.35. The molecule has 1 nitrogen and oxygen atoms in total. The predicted molar refractivity (Wildman–Crippen MR) is 73.3 cm³/mol. The number of hydrogen-bond acceptors (Lipinski definition) is 1. The SMILES string of the molecule is Cc1cc(C(=O)Cc2ccccc2Br)ccc1F. The molecule has 2 rings (SSSR count). The zero-order valence-corrected chi connectivity index (χ0v) is 11.5.